The van der Waals surface area contributed by atoms with Crippen molar-refractivity contribution in [1.82, 2.24) is 9.78 Å². The summed E-state index contributed by atoms with van der Waals surface area (Å²) in [6, 6.07) is 12.3. The van der Waals surface area contributed by atoms with Gasteiger partial charge >= 0.3 is 5.97 Å². The molecule has 0 amide bonds. The van der Waals surface area contributed by atoms with E-state index >= 15 is 8.78 Å². The number of carboxylic acids is 1. The lowest BCUT2D eigenvalue weighted by molar-refractivity contribution is 0.0685. The van der Waals surface area contributed by atoms with Crippen LogP contribution in [0.4, 0.5) is 18.9 Å². The zero-order valence-corrected chi connectivity index (χ0v) is 18.9. The summed E-state index contributed by atoms with van der Waals surface area (Å²) in [6.45, 7) is 0. The number of aromatic nitrogens is 2. The SMILES string of the molecule is Cn1nc(-c2ccc(Cl)cc2)sc1=Nc1c(F)c(C(=O)O)c(F)c(F)c1-c1ccc(Cl)cc1. The Hall–Kier alpha value is -3.14. The second-order valence-electron chi connectivity index (χ2n) is 6.78. The summed E-state index contributed by atoms with van der Waals surface area (Å²) in [5.41, 5.74) is -1.87. The van der Waals surface area contributed by atoms with Crippen LogP contribution >= 0.6 is 34.5 Å². The Morgan fingerprint density at radius 1 is 0.939 bits per heavy atom. The third kappa shape index (κ3) is 4.39. The molecule has 0 unspecified atom stereocenters. The van der Waals surface area contributed by atoms with Gasteiger partial charge in [0, 0.05) is 28.2 Å². The summed E-state index contributed by atoms with van der Waals surface area (Å²) < 4.78 is 46.1. The second kappa shape index (κ2) is 9.01. The first-order valence-corrected chi connectivity index (χ1v) is 10.8. The van der Waals surface area contributed by atoms with Gasteiger partial charge in [0.25, 0.3) is 0 Å². The minimum absolute atomic E-state index is 0.0653. The van der Waals surface area contributed by atoms with E-state index in [1.165, 1.54) is 36.0 Å². The lowest BCUT2D eigenvalue weighted by Crippen LogP contribution is -2.13. The van der Waals surface area contributed by atoms with Gasteiger partial charge in [0.2, 0.25) is 4.80 Å². The van der Waals surface area contributed by atoms with Gasteiger partial charge in [-0.05, 0) is 29.8 Å². The van der Waals surface area contributed by atoms with E-state index < -0.39 is 40.2 Å². The number of rotatable bonds is 4. The molecule has 0 fully saturated rings. The molecule has 168 valence electrons. The summed E-state index contributed by atoms with van der Waals surface area (Å²) in [7, 11) is 1.53. The summed E-state index contributed by atoms with van der Waals surface area (Å²) in [6.07, 6.45) is 0. The van der Waals surface area contributed by atoms with Crippen molar-refractivity contribution in [2.75, 3.05) is 0 Å². The Morgan fingerprint density at radius 3 is 2.03 bits per heavy atom. The highest BCUT2D eigenvalue weighted by Gasteiger charge is 2.29. The third-order valence-electron chi connectivity index (χ3n) is 4.65. The molecular formula is C22H12Cl2F3N3O2S. The molecule has 4 rings (SSSR count). The first kappa shape index (κ1) is 23.0. The van der Waals surface area contributed by atoms with Crippen LogP contribution in [-0.2, 0) is 7.05 Å². The van der Waals surface area contributed by atoms with Crippen LogP contribution in [0.1, 0.15) is 10.4 Å². The predicted octanol–water partition coefficient (Wildman–Crippen LogP) is 6.47. The maximum absolute atomic E-state index is 15.2. The summed E-state index contributed by atoms with van der Waals surface area (Å²) in [5.74, 6) is -6.83. The Balaban J connectivity index is 2.01. The monoisotopic (exact) mass is 509 g/mol. The molecule has 1 heterocycles. The van der Waals surface area contributed by atoms with E-state index in [0.717, 1.165) is 11.3 Å². The Bertz CT molecular complexity index is 1450. The molecule has 0 atom stereocenters. The lowest BCUT2D eigenvalue weighted by Gasteiger charge is -2.12. The van der Waals surface area contributed by atoms with Crippen LogP contribution in [0.5, 0.6) is 0 Å². The number of hydrogen-bond acceptors (Lipinski definition) is 4. The highest BCUT2D eigenvalue weighted by molar-refractivity contribution is 7.12. The van der Waals surface area contributed by atoms with Crippen LogP contribution in [0, 0.1) is 17.5 Å². The minimum Gasteiger partial charge on any atom is -0.477 e. The van der Waals surface area contributed by atoms with Crippen molar-refractivity contribution in [1.29, 1.82) is 0 Å². The minimum atomic E-state index is -1.96. The fourth-order valence-electron chi connectivity index (χ4n) is 3.07. The number of benzene rings is 3. The molecule has 0 spiro atoms. The fourth-order valence-corrected chi connectivity index (χ4v) is 4.22. The molecule has 0 aliphatic rings. The highest BCUT2D eigenvalue weighted by atomic mass is 35.5. The van der Waals surface area contributed by atoms with Gasteiger partial charge in [0.1, 0.15) is 16.3 Å². The molecule has 3 aromatic carbocycles. The van der Waals surface area contributed by atoms with Crippen LogP contribution in [-0.4, -0.2) is 20.9 Å². The zero-order valence-electron chi connectivity index (χ0n) is 16.6. The van der Waals surface area contributed by atoms with E-state index in [1.54, 1.807) is 24.3 Å². The molecule has 0 saturated heterocycles. The van der Waals surface area contributed by atoms with Gasteiger partial charge < -0.3 is 5.11 Å². The van der Waals surface area contributed by atoms with Crippen LogP contribution in [0.25, 0.3) is 21.7 Å². The zero-order chi connectivity index (χ0) is 23.9. The van der Waals surface area contributed by atoms with Crippen LogP contribution in [0.15, 0.2) is 53.5 Å². The molecule has 0 bridgehead atoms. The topological polar surface area (TPSA) is 67.5 Å². The molecule has 0 aliphatic heterocycles. The van der Waals surface area contributed by atoms with Gasteiger partial charge in [-0.25, -0.2) is 27.6 Å². The van der Waals surface area contributed by atoms with Crippen molar-refractivity contribution in [2.24, 2.45) is 12.0 Å². The second-order valence-corrected chi connectivity index (χ2v) is 8.61. The maximum Gasteiger partial charge on any atom is 0.341 e. The quantitative estimate of drug-likeness (QED) is 0.320. The molecule has 0 saturated carbocycles. The van der Waals surface area contributed by atoms with E-state index in [-0.39, 0.29) is 10.4 Å². The van der Waals surface area contributed by atoms with Crippen LogP contribution in [0.2, 0.25) is 10.0 Å². The summed E-state index contributed by atoms with van der Waals surface area (Å²) in [4.78, 5) is 15.7. The van der Waals surface area contributed by atoms with Crippen molar-refractivity contribution >= 4 is 46.2 Å². The summed E-state index contributed by atoms with van der Waals surface area (Å²) in [5, 5.41) is 14.9. The highest BCUT2D eigenvalue weighted by Crippen LogP contribution is 2.39. The molecule has 4 aromatic rings. The molecule has 1 N–H and O–H groups in total. The van der Waals surface area contributed by atoms with Gasteiger partial charge in [-0.3, -0.25) is 0 Å². The molecule has 11 heteroatoms. The Labute approximate surface area is 199 Å². The number of carbonyl (C=O) groups is 1. The number of nitrogens with zero attached hydrogens (tertiary/aromatic N) is 3. The van der Waals surface area contributed by atoms with E-state index in [2.05, 4.69) is 10.1 Å². The van der Waals surface area contributed by atoms with Crippen molar-refractivity contribution in [3.8, 4) is 21.7 Å². The first-order valence-electron chi connectivity index (χ1n) is 9.22. The van der Waals surface area contributed by atoms with Crippen molar-refractivity contribution in [3.05, 3.63) is 86.4 Å². The summed E-state index contributed by atoms with van der Waals surface area (Å²) >= 11 is 12.8. The third-order valence-corrected chi connectivity index (χ3v) is 6.20. The average molecular weight is 510 g/mol. The van der Waals surface area contributed by atoms with Gasteiger partial charge in [-0.2, -0.15) is 5.10 Å². The lowest BCUT2D eigenvalue weighted by atomic mass is 9.99. The molecule has 1 aromatic heterocycles. The van der Waals surface area contributed by atoms with Gasteiger partial charge in [-0.15, -0.1) is 0 Å². The molecule has 5 nitrogen and oxygen atoms in total. The predicted molar refractivity (Wildman–Crippen MR) is 120 cm³/mol. The Morgan fingerprint density at radius 2 is 1.48 bits per heavy atom. The van der Waals surface area contributed by atoms with E-state index in [0.29, 0.717) is 20.6 Å². The van der Waals surface area contributed by atoms with Gasteiger partial charge in [0.15, 0.2) is 17.5 Å². The number of halogens is 5. The van der Waals surface area contributed by atoms with Gasteiger partial charge in [0.05, 0.1) is 0 Å². The fraction of sp³-hybridized carbons (Fsp3) is 0.0455. The van der Waals surface area contributed by atoms with Crippen molar-refractivity contribution < 1.29 is 23.1 Å². The molecule has 0 radical (unpaired) electrons. The largest absolute Gasteiger partial charge is 0.477 e. The first-order chi connectivity index (χ1) is 15.7. The van der Waals surface area contributed by atoms with E-state index in [4.69, 9.17) is 23.2 Å². The van der Waals surface area contributed by atoms with Crippen molar-refractivity contribution in [2.45, 2.75) is 0 Å². The van der Waals surface area contributed by atoms with E-state index in [9.17, 15) is 14.3 Å². The smallest absolute Gasteiger partial charge is 0.341 e. The van der Waals surface area contributed by atoms with Crippen LogP contribution < -0.4 is 4.80 Å². The normalized spacial score (nSPS) is 11.8. The van der Waals surface area contributed by atoms with Crippen LogP contribution in [0.3, 0.4) is 0 Å². The Kier molecular flexibility index (Phi) is 6.29. The molecular weight excluding hydrogens is 498 g/mol. The van der Waals surface area contributed by atoms with Gasteiger partial charge in [-0.1, -0.05) is 58.8 Å². The molecule has 33 heavy (non-hydrogen) atoms. The number of aryl methyl sites for hydroxylation is 1. The standard InChI is InChI=1S/C22H12Cl2F3N3O2S/c1-30-22(33-20(29-30)11-4-8-13(24)9-5-11)28-19-14(10-2-6-12(23)7-3-10)16(25)17(26)15(18(19)27)21(31)32/h2-9H,1H3,(H,31,32). The van der Waals surface area contributed by atoms with E-state index in [1.807, 2.05) is 0 Å². The number of aromatic carboxylic acids is 1. The maximum atomic E-state index is 15.2. The molecule has 0 aliphatic carbocycles. The van der Waals surface area contributed by atoms with Crippen molar-refractivity contribution in [3.63, 3.8) is 0 Å². The number of hydrogen-bond donors (Lipinski definition) is 1. The number of carboxylic acid groups (broad SMARTS) is 1. The average Bonchev–Trinajstić information content (AvgIpc) is 3.14.